The SMILES string of the molecule is Cc1[nH]c2ccccc2c1C(=O)C(C#N)C(=O)CCc1ccsc1. The molecule has 0 aliphatic carbocycles. The van der Waals surface area contributed by atoms with Crippen molar-refractivity contribution in [3.05, 3.63) is 57.9 Å². The third-order valence-electron chi connectivity index (χ3n) is 4.09. The first kappa shape index (κ1) is 16.2. The van der Waals surface area contributed by atoms with Gasteiger partial charge in [-0.05, 0) is 41.8 Å². The van der Waals surface area contributed by atoms with Gasteiger partial charge in [-0.2, -0.15) is 16.6 Å². The highest BCUT2D eigenvalue weighted by molar-refractivity contribution is 7.07. The summed E-state index contributed by atoms with van der Waals surface area (Å²) in [5.74, 6) is -1.98. The number of H-pyrrole nitrogens is 1. The van der Waals surface area contributed by atoms with E-state index in [9.17, 15) is 14.9 Å². The number of thiophene rings is 1. The molecule has 24 heavy (non-hydrogen) atoms. The summed E-state index contributed by atoms with van der Waals surface area (Å²) < 4.78 is 0. The zero-order valence-electron chi connectivity index (χ0n) is 13.2. The van der Waals surface area contributed by atoms with Crippen LogP contribution in [0.2, 0.25) is 0 Å². The predicted molar refractivity (Wildman–Crippen MR) is 94.1 cm³/mol. The number of aromatic nitrogens is 1. The molecule has 1 atom stereocenters. The average Bonchev–Trinajstić information content (AvgIpc) is 3.19. The van der Waals surface area contributed by atoms with E-state index in [1.54, 1.807) is 18.3 Å². The van der Waals surface area contributed by atoms with Gasteiger partial charge in [0.25, 0.3) is 0 Å². The predicted octanol–water partition coefficient (Wildman–Crippen LogP) is 4.06. The summed E-state index contributed by atoms with van der Waals surface area (Å²) in [7, 11) is 0. The minimum Gasteiger partial charge on any atom is -0.358 e. The molecule has 0 radical (unpaired) electrons. The van der Waals surface area contributed by atoms with Crippen LogP contribution in [-0.4, -0.2) is 16.6 Å². The molecule has 5 heteroatoms. The molecule has 0 fully saturated rings. The Morgan fingerprint density at radius 2 is 2.08 bits per heavy atom. The number of carbonyl (C=O) groups excluding carboxylic acids is 2. The zero-order valence-corrected chi connectivity index (χ0v) is 14.0. The molecule has 120 valence electrons. The summed E-state index contributed by atoms with van der Waals surface area (Å²) in [6.07, 6.45) is 0.753. The number of rotatable bonds is 6. The molecule has 0 bridgehead atoms. The number of para-hydroxylation sites is 1. The number of aryl methyl sites for hydroxylation is 2. The van der Waals surface area contributed by atoms with Crippen LogP contribution < -0.4 is 0 Å². The number of benzene rings is 1. The first-order valence-electron chi connectivity index (χ1n) is 7.66. The van der Waals surface area contributed by atoms with Gasteiger partial charge in [0.15, 0.2) is 17.5 Å². The lowest BCUT2D eigenvalue weighted by Gasteiger charge is -2.07. The quantitative estimate of drug-likeness (QED) is 0.545. The Bertz CT molecular complexity index is 932. The minimum absolute atomic E-state index is 0.197. The molecule has 0 amide bonds. The van der Waals surface area contributed by atoms with Gasteiger partial charge < -0.3 is 4.98 Å². The molecule has 3 aromatic rings. The van der Waals surface area contributed by atoms with Crippen molar-refractivity contribution >= 4 is 33.8 Å². The number of fused-ring (bicyclic) bond motifs is 1. The molecule has 1 unspecified atom stereocenters. The van der Waals surface area contributed by atoms with Crippen LogP contribution in [0.25, 0.3) is 10.9 Å². The maximum Gasteiger partial charge on any atom is 0.189 e. The van der Waals surface area contributed by atoms with E-state index < -0.39 is 11.7 Å². The maximum absolute atomic E-state index is 12.8. The smallest absolute Gasteiger partial charge is 0.189 e. The third-order valence-corrected chi connectivity index (χ3v) is 4.83. The number of aromatic amines is 1. The number of Topliss-reactive ketones (excluding diaryl/α,β-unsaturated/α-hetero) is 2. The van der Waals surface area contributed by atoms with Crippen LogP contribution in [0.4, 0.5) is 0 Å². The Morgan fingerprint density at radius 1 is 1.29 bits per heavy atom. The van der Waals surface area contributed by atoms with E-state index in [1.807, 2.05) is 47.2 Å². The Morgan fingerprint density at radius 3 is 2.79 bits per heavy atom. The molecule has 1 aromatic carbocycles. The van der Waals surface area contributed by atoms with Gasteiger partial charge in [0.05, 0.1) is 6.07 Å². The van der Waals surface area contributed by atoms with Gasteiger partial charge in [0.2, 0.25) is 0 Å². The first-order chi connectivity index (χ1) is 11.6. The Hall–Kier alpha value is -2.71. The normalized spacial score (nSPS) is 12.0. The summed E-state index contributed by atoms with van der Waals surface area (Å²) >= 11 is 1.57. The second kappa shape index (κ2) is 6.81. The molecule has 4 nitrogen and oxygen atoms in total. The van der Waals surface area contributed by atoms with E-state index in [1.165, 1.54) is 0 Å². The lowest BCUT2D eigenvalue weighted by Crippen LogP contribution is -2.23. The van der Waals surface area contributed by atoms with Crippen LogP contribution in [0.1, 0.15) is 28.0 Å². The number of hydrogen-bond acceptors (Lipinski definition) is 4. The van der Waals surface area contributed by atoms with Crippen molar-refractivity contribution in [3.8, 4) is 6.07 Å². The van der Waals surface area contributed by atoms with Crippen molar-refractivity contribution in [3.63, 3.8) is 0 Å². The van der Waals surface area contributed by atoms with Crippen molar-refractivity contribution in [2.75, 3.05) is 0 Å². The number of carbonyl (C=O) groups is 2. The number of nitrogens with one attached hydrogen (secondary N) is 1. The Balaban J connectivity index is 1.84. The fourth-order valence-electron chi connectivity index (χ4n) is 2.86. The second-order valence-electron chi connectivity index (χ2n) is 5.69. The summed E-state index contributed by atoms with van der Waals surface area (Å²) in [6, 6.07) is 11.3. The van der Waals surface area contributed by atoms with Gasteiger partial charge in [0, 0.05) is 28.6 Å². The largest absolute Gasteiger partial charge is 0.358 e. The maximum atomic E-state index is 12.8. The van der Waals surface area contributed by atoms with Crippen molar-refractivity contribution in [1.82, 2.24) is 4.98 Å². The number of hydrogen-bond donors (Lipinski definition) is 1. The van der Waals surface area contributed by atoms with Crippen LogP contribution in [-0.2, 0) is 11.2 Å². The van der Waals surface area contributed by atoms with Gasteiger partial charge in [-0.3, -0.25) is 9.59 Å². The van der Waals surface area contributed by atoms with E-state index in [0.29, 0.717) is 17.7 Å². The molecular weight excluding hydrogens is 320 g/mol. The van der Waals surface area contributed by atoms with Crippen LogP contribution in [0.5, 0.6) is 0 Å². The van der Waals surface area contributed by atoms with Crippen LogP contribution >= 0.6 is 11.3 Å². The highest BCUT2D eigenvalue weighted by Crippen LogP contribution is 2.25. The molecule has 0 spiro atoms. The van der Waals surface area contributed by atoms with Gasteiger partial charge in [-0.15, -0.1) is 0 Å². The van der Waals surface area contributed by atoms with E-state index in [0.717, 1.165) is 16.5 Å². The van der Waals surface area contributed by atoms with E-state index in [2.05, 4.69) is 4.98 Å². The number of nitrogens with zero attached hydrogens (tertiary/aromatic N) is 1. The number of nitriles is 1. The number of ketones is 2. The molecule has 3 rings (SSSR count). The van der Waals surface area contributed by atoms with Gasteiger partial charge in [-0.25, -0.2) is 0 Å². The molecular formula is C19H16N2O2S. The fourth-order valence-corrected chi connectivity index (χ4v) is 3.57. The van der Waals surface area contributed by atoms with Crippen molar-refractivity contribution in [2.24, 2.45) is 5.92 Å². The van der Waals surface area contributed by atoms with Crippen molar-refractivity contribution < 1.29 is 9.59 Å². The molecule has 1 N–H and O–H groups in total. The Labute approximate surface area is 143 Å². The monoisotopic (exact) mass is 336 g/mol. The Kier molecular flexibility index (Phi) is 4.59. The highest BCUT2D eigenvalue weighted by Gasteiger charge is 2.30. The molecule has 2 aromatic heterocycles. The van der Waals surface area contributed by atoms with E-state index in [4.69, 9.17) is 0 Å². The van der Waals surface area contributed by atoms with Crippen LogP contribution in [0, 0.1) is 24.2 Å². The molecule has 0 aliphatic heterocycles. The summed E-state index contributed by atoms with van der Waals surface area (Å²) in [6.45, 7) is 1.79. The molecule has 0 saturated carbocycles. The third kappa shape index (κ3) is 3.01. The lowest BCUT2D eigenvalue weighted by atomic mass is 9.90. The second-order valence-corrected chi connectivity index (χ2v) is 6.47. The summed E-state index contributed by atoms with van der Waals surface area (Å²) in [5.41, 5.74) is 3.02. The van der Waals surface area contributed by atoms with Gasteiger partial charge in [-0.1, -0.05) is 18.2 Å². The molecule has 0 saturated heterocycles. The van der Waals surface area contributed by atoms with Gasteiger partial charge in [0.1, 0.15) is 0 Å². The first-order valence-corrected chi connectivity index (χ1v) is 8.61. The lowest BCUT2D eigenvalue weighted by molar-refractivity contribution is -0.120. The van der Waals surface area contributed by atoms with E-state index >= 15 is 0 Å². The van der Waals surface area contributed by atoms with E-state index in [-0.39, 0.29) is 12.2 Å². The summed E-state index contributed by atoms with van der Waals surface area (Å²) in [5, 5.41) is 14.1. The average molecular weight is 336 g/mol. The topological polar surface area (TPSA) is 73.7 Å². The summed E-state index contributed by atoms with van der Waals surface area (Å²) in [4.78, 5) is 28.4. The minimum atomic E-state index is -1.25. The molecule has 0 aliphatic rings. The zero-order chi connectivity index (χ0) is 17.1. The van der Waals surface area contributed by atoms with Gasteiger partial charge >= 0.3 is 0 Å². The fraction of sp³-hybridized carbons (Fsp3) is 0.211. The highest BCUT2D eigenvalue weighted by atomic mass is 32.1. The van der Waals surface area contributed by atoms with Crippen LogP contribution in [0.15, 0.2) is 41.1 Å². The standard InChI is InChI=1S/C19H16N2O2S/c1-12-18(14-4-2-3-5-16(14)21-12)19(23)15(10-20)17(22)7-6-13-8-9-24-11-13/h2-5,8-9,11,15,21H,6-7H2,1H3. The van der Waals surface area contributed by atoms with Crippen molar-refractivity contribution in [2.45, 2.75) is 19.8 Å². The van der Waals surface area contributed by atoms with Crippen molar-refractivity contribution in [1.29, 1.82) is 5.26 Å². The molecule has 2 heterocycles. The van der Waals surface area contributed by atoms with Crippen LogP contribution in [0.3, 0.4) is 0 Å².